The van der Waals surface area contributed by atoms with Gasteiger partial charge in [-0.2, -0.15) is 0 Å². The van der Waals surface area contributed by atoms with E-state index in [4.69, 9.17) is 21.1 Å². The fourth-order valence-electron chi connectivity index (χ4n) is 1.83. The van der Waals surface area contributed by atoms with Crippen molar-refractivity contribution in [2.24, 2.45) is 7.05 Å². The molecular weight excluding hydrogens is 284 g/mol. The van der Waals surface area contributed by atoms with Crippen LogP contribution in [-0.2, 0) is 12.8 Å². The first-order chi connectivity index (χ1) is 9.24. The number of halogens is 1. The average Bonchev–Trinajstić information content (AvgIpc) is 2.82. The lowest BCUT2D eigenvalue weighted by molar-refractivity contribution is 0.171. The minimum Gasteiger partial charge on any atom is -0.486 e. The molecule has 0 atom stereocenters. The molecule has 0 saturated heterocycles. The van der Waals surface area contributed by atoms with Crippen molar-refractivity contribution in [1.82, 2.24) is 9.55 Å². The van der Waals surface area contributed by atoms with E-state index in [0.717, 1.165) is 28.0 Å². The van der Waals surface area contributed by atoms with Gasteiger partial charge in [0.25, 0.3) is 0 Å². The Labute approximate surface area is 120 Å². The summed E-state index contributed by atoms with van der Waals surface area (Å²) < 4.78 is 13.1. The summed E-state index contributed by atoms with van der Waals surface area (Å²) in [7, 11) is 1.98. The third kappa shape index (κ3) is 2.67. The van der Waals surface area contributed by atoms with Crippen molar-refractivity contribution in [2.75, 3.05) is 13.2 Å². The van der Waals surface area contributed by atoms with Gasteiger partial charge in [-0.25, -0.2) is 4.98 Å². The van der Waals surface area contributed by atoms with Crippen molar-refractivity contribution in [3.05, 3.63) is 35.4 Å². The van der Waals surface area contributed by atoms with Crippen LogP contribution in [0.25, 0.3) is 0 Å². The number of aromatic nitrogens is 2. The van der Waals surface area contributed by atoms with Gasteiger partial charge in [-0.1, -0.05) is 11.6 Å². The lowest BCUT2D eigenvalue weighted by atomic mass is 10.3. The molecule has 1 aromatic heterocycles. The summed E-state index contributed by atoms with van der Waals surface area (Å²) >= 11 is 7.90. The molecule has 1 aromatic carbocycles. The third-order valence-electron chi connectivity index (χ3n) is 2.87. The molecule has 0 amide bonds. The number of fused-ring (bicyclic) bond motifs is 1. The fraction of sp³-hybridized carbons (Fsp3) is 0.308. The van der Waals surface area contributed by atoms with E-state index in [2.05, 4.69) is 4.98 Å². The fourth-order valence-corrected chi connectivity index (χ4v) is 3.10. The van der Waals surface area contributed by atoms with Gasteiger partial charge in [-0.3, -0.25) is 0 Å². The van der Waals surface area contributed by atoms with Crippen LogP contribution in [0, 0.1) is 0 Å². The Morgan fingerprint density at radius 2 is 2.05 bits per heavy atom. The average molecular weight is 297 g/mol. The van der Waals surface area contributed by atoms with Crippen LogP contribution in [0.1, 0.15) is 5.82 Å². The Kier molecular flexibility index (Phi) is 3.57. The highest BCUT2D eigenvalue weighted by atomic mass is 35.5. The summed E-state index contributed by atoms with van der Waals surface area (Å²) in [6.07, 6.45) is 3.72. The van der Waals surface area contributed by atoms with Crippen molar-refractivity contribution in [3.63, 3.8) is 0 Å². The smallest absolute Gasteiger partial charge is 0.162 e. The maximum Gasteiger partial charge on any atom is 0.162 e. The number of ether oxygens (including phenoxy) is 2. The zero-order valence-corrected chi connectivity index (χ0v) is 12.0. The molecule has 0 unspecified atom stereocenters. The second-order valence-electron chi connectivity index (χ2n) is 4.17. The number of hydrogen-bond acceptors (Lipinski definition) is 4. The topological polar surface area (TPSA) is 36.3 Å². The summed E-state index contributed by atoms with van der Waals surface area (Å²) in [5.74, 6) is 3.26. The zero-order valence-electron chi connectivity index (χ0n) is 10.4. The Morgan fingerprint density at radius 1 is 1.32 bits per heavy atom. The molecule has 0 aliphatic carbocycles. The zero-order chi connectivity index (χ0) is 13.2. The standard InChI is InChI=1S/C13H13ClN2O2S/c1-16-3-2-15-13(16)8-19-12-7-11-10(6-9(12)14)17-4-5-18-11/h2-3,6-7H,4-5,8H2,1H3. The first kappa shape index (κ1) is 12.7. The second kappa shape index (κ2) is 5.35. The first-order valence-corrected chi connectivity index (χ1v) is 7.28. The maximum atomic E-state index is 6.26. The molecule has 0 spiro atoms. The first-order valence-electron chi connectivity index (χ1n) is 5.92. The van der Waals surface area contributed by atoms with Gasteiger partial charge >= 0.3 is 0 Å². The van der Waals surface area contributed by atoms with Gasteiger partial charge in [0, 0.05) is 30.4 Å². The normalized spacial score (nSPS) is 13.6. The summed E-state index contributed by atoms with van der Waals surface area (Å²) in [4.78, 5) is 5.27. The maximum absolute atomic E-state index is 6.26. The number of imidazole rings is 1. The molecule has 6 heteroatoms. The molecular formula is C13H13ClN2O2S. The SMILES string of the molecule is Cn1ccnc1CSc1cc2c(cc1Cl)OCCO2. The van der Waals surface area contributed by atoms with Crippen LogP contribution >= 0.6 is 23.4 Å². The Morgan fingerprint density at radius 3 is 2.74 bits per heavy atom. The molecule has 0 radical (unpaired) electrons. The van der Waals surface area contributed by atoms with Crippen molar-refractivity contribution < 1.29 is 9.47 Å². The minimum absolute atomic E-state index is 0.573. The second-order valence-corrected chi connectivity index (χ2v) is 5.59. The van der Waals surface area contributed by atoms with E-state index >= 15 is 0 Å². The Hall–Kier alpha value is -1.33. The molecule has 100 valence electrons. The van der Waals surface area contributed by atoms with E-state index in [1.54, 1.807) is 18.0 Å². The molecule has 19 heavy (non-hydrogen) atoms. The largest absolute Gasteiger partial charge is 0.486 e. The van der Waals surface area contributed by atoms with Crippen molar-refractivity contribution in [1.29, 1.82) is 0 Å². The van der Waals surface area contributed by atoms with Crippen LogP contribution in [0.2, 0.25) is 5.02 Å². The number of benzene rings is 1. The van der Waals surface area contributed by atoms with E-state index in [-0.39, 0.29) is 0 Å². The summed E-state index contributed by atoms with van der Waals surface area (Å²) in [6.45, 7) is 1.15. The highest BCUT2D eigenvalue weighted by Gasteiger charge is 2.15. The predicted octanol–water partition coefficient (Wildman–Crippen LogP) is 3.14. The highest BCUT2D eigenvalue weighted by molar-refractivity contribution is 7.98. The highest BCUT2D eigenvalue weighted by Crippen LogP contribution is 2.40. The van der Waals surface area contributed by atoms with Crippen LogP contribution in [0.5, 0.6) is 11.5 Å². The van der Waals surface area contributed by atoms with Gasteiger partial charge in [0.05, 0.1) is 10.8 Å². The van der Waals surface area contributed by atoms with E-state index < -0.39 is 0 Å². The Bertz CT molecular complexity index is 600. The summed E-state index contributed by atoms with van der Waals surface area (Å²) in [5, 5.41) is 0.684. The lowest BCUT2D eigenvalue weighted by Crippen LogP contribution is -2.15. The van der Waals surface area contributed by atoms with Crippen LogP contribution in [0.15, 0.2) is 29.4 Å². The number of hydrogen-bond donors (Lipinski definition) is 0. The Balaban J connectivity index is 1.79. The van der Waals surface area contributed by atoms with E-state index in [9.17, 15) is 0 Å². The van der Waals surface area contributed by atoms with Gasteiger partial charge in [0.15, 0.2) is 11.5 Å². The molecule has 0 fully saturated rings. The molecule has 2 heterocycles. The predicted molar refractivity (Wildman–Crippen MR) is 75.2 cm³/mol. The lowest BCUT2D eigenvalue weighted by Gasteiger charge is -2.19. The molecule has 1 aliphatic heterocycles. The molecule has 0 bridgehead atoms. The molecule has 4 nitrogen and oxygen atoms in total. The molecule has 0 N–H and O–H groups in total. The molecule has 1 aliphatic rings. The number of thioether (sulfide) groups is 1. The van der Waals surface area contributed by atoms with E-state index in [1.807, 2.05) is 29.9 Å². The number of rotatable bonds is 3. The van der Waals surface area contributed by atoms with Gasteiger partial charge < -0.3 is 14.0 Å². The van der Waals surface area contributed by atoms with Gasteiger partial charge in [0.1, 0.15) is 19.0 Å². The van der Waals surface area contributed by atoms with Gasteiger partial charge in [-0.05, 0) is 6.07 Å². The number of nitrogens with zero attached hydrogens (tertiary/aromatic N) is 2. The van der Waals surface area contributed by atoms with Crippen LogP contribution in [0.3, 0.4) is 0 Å². The minimum atomic E-state index is 0.573. The molecule has 2 aromatic rings. The summed E-state index contributed by atoms with van der Waals surface area (Å²) in [5.41, 5.74) is 0. The van der Waals surface area contributed by atoms with Crippen LogP contribution < -0.4 is 9.47 Å². The molecule has 3 rings (SSSR count). The summed E-state index contributed by atoms with van der Waals surface area (Å²) in [6, 6.07) is 3.75. The van der Waals surface area contributed by atoms with Crippen molar-refractivity contribution >= 4 is 23.4 Å². The van der Waals surface area contributed by atoms with Crippen LogP contribution in [-0.4, -0.2) is 22.8 Å². The van der Waals surface area contributed by atoms with Crippen molar-refractivity contribution in [3.8, 4) is 11.5 Å². The van der Waals surface area contributed by atoms with E-state index in [0.29, 0.717) is 18.2 Å². The monoisotopic (exact) mass is 296 g/mol. The third-order valence-corrected chi connectivity index (χ3v) is 4.35. The van der Waals surface area contributed by atoms with Gasteiger partial charge in [-0.15, -0.1) is 11.8 Å². The number of aryl methyl sites for hydroxylation is 1. The van der Waals surface area contributed by atoms with Crippen molar-refractivity contribution in [2.45, 2.75) is 10.6 Å². The van der Waals surface area contributed by atoms with Crippen LogP contribution in [0.4, 0.5) is 0 Å². The van der Waals surface area contributed by atoms with E-state index in [1.165, 1.54) is 0 Å². The molecule has 0 saturated carbocycles. The quantitative estimate of drug-likeness (QED) is 0.815. The van der Waals surface area contributed by atoms with Gasteiger partial charge in [0.2, 0.25) is 0 Å².